The number of nitrogens with two attached hydrogens (primary N) is 1. The van der Waals surface area contributed by atoms with Crippen molar-refractivity contribution >= 4 is 29.0 Å². The maximum absolute atomic E-state index is 11.4. The molecule has 88 valence electrons. The summed E-state index contributed by atoms with van der Waals surface area (Å²) in [7, 11) is 0. The van der Waals surface area contributed by atoms with Gasteiger partial charge in [-0.05, 0) is 24.6 Å². The lowest BCUT2D eigenvalue weighted by Gasteiger charge is -2.08. The maximum atomic E-state index is 11.4. The van der Waals surface area contributed by atoms with Crippen molar-refractivity contribution in [2.45, 2.75) is 19.8 Å². The van der Waals surface area contributed by atoms with Gasteiger partial charge in [-0.25, -0.2) is 4.79 Å². The number of urea groups is 1. The fourth-order valence-corrected chi connectivity index (χ4v) is 1.29. The molecule has 0 radical (unpaired) electrons. The summed E-state index contributed by atoms with van der Waals surface area (Å²) >= 11 is 5.77. The second-order valence-corrected chi connectivity index (χ2v) is 3.88. The minimum atomic E-state index is -0.227. The molecule has 0 saturated carbocycles. The zero-order valence-electron chi connectivity index (χ0n) is 9.22. The first-order chi connectivity index (χ1) is 7.63. The number of carbonyl (C=O) groups excluding carboxylic acids is 1. The van der Waals surface area contributed by atoms with Gasteiger partial charge >= 0.3 is 6.03 Å². The molecule has 0 bridgehead atoms. The van der Waals surface area contributed by atoms with Crippen LogP contribution in [0.4, 0.5) is 16.2 Å². The van der Waals surface area contributed by atoms with Gasteiger partial charge < -0.3 is 16.4 Å². The van der Waals surface area contributed by atoms with E-state index in [1.807, 2.05) is 0 Å². The van der Waals surface area contributed by atoms with E-state index in [1.165, 1.54) is 0 Å². The lowest BCUT2D eigenvalue weighted by molar-refractivity contribution is 0.252. The van der Waals surface area contributed by atoms with Gasteiger partial charge in [0.05, 0.1) is 10.7 Å². The molecule has 0 heterocycles. The number of rotatable bonds is 4. The minimum Gasteiger partial charge on any atom is -0.397 e. The van der Waals surface area contributed by atoms with Crippen LogP contribution in [-0.4, -0.2) is 12.6 Å². The van der Waals surface area contributed by atoms with Crippen LogP contribution < -0.4 is 16.4 Å². The minimum absolute atomic E-state index is 0.227. The molecule has 0 unspecified atom stereocenters. The number of unbranched alkanes of at least 4 members (excludes halogenated alkanes) is 1. The van der Waals surface area contributed by atoms with Gasteiger partial charge in [0.2, 0.25) is 0 Å². The number of hydrogen-bond acceptors (Lipinski definition) is 2. The van der Waals surface area contributed by atoms with Crippen LogP contribution in [0, 0.1) is 0 Å². The van der Waals surface area contributed by atoms with E-state index in [1.54, 1.807) is 18.2 Å². The van der Waals surface area contributed by atoms with Crippen LogP contribution in [0.5, 0.6) is 0 Å². The predicted molar refractivity (Wildman–Crippen MR) is 67.8 cm³/mol. The Labute approximate surface area is 100 Å². The van der Waals surface area contributed by atoms with E-state index in [9.17, 15) is 4.79 Å². The summed E-state index contributed by atoms with van der Waals surface area (Å²) in [5.74, 6) is 0. The van der Waals surface area contributed by atoms with Crippen molar-refractivity contribution in [1.82, 2.24) is 5.32 Å². The fraction of sp³-hybridized carbons (Fsp3) is 0.364. The summed E-state index contributed by atoms with van der Waals surface area (Å²) in [5, 5.41) is 5.91. The normalized spacial score (nSPS) is 9.88. The Bertz CT molecular complexity index is 368. The summed E-state index contributed by atoms with van der Waals surface area (Å²) in [5.41, 5.74) is 6.70. The standard InChI is InChI=1S/C11H16ClN3O/c1-2-3-6-14-11(16)15-8-4-5-9(12)10(13)7-8/h4-5,7H,2-3,6,13H2,1H3,(H2,14,15,16). The highest BCUT2D eigenvalue weighted by atomic mass is 35.5. The van der Waals surface area contributed by atoms with Gasteiger partial charge in [-0.1, -0.05) is 24.9 Å². The zero-order valence-corrected chi connectivity index (χ0v) is 9.97. The fourth-order valence-electron chi connectivity index (χ4n) is 1.18. The highest BCUT2D eigenvalue weighted by Gasteiger charge is 2.02. The van der Waals surface area contributed by atoms with Crippen LogP contribution in [0.1, 0.15) is 19.8 Å². The van der Waals surface area contributed by atoms with Crippen LogP contribution in [-0.2, 0) is 0 Å². The van der Waals surface area contributed by atoms with E-state index in [0.717, 1.165) is 12.8 Å². The summed E-state index contributed by atoms with van der Waals surface area (Å²) in [6.45, 7) is 2.74. The summed E-state index contributed by atoms with van der Waals surface area (Å²) in [6.07, 6.45) is 2.02. The van der Waals surface area contributed by atoms with Crippen molar-refractivity contribution in [3.8, 4) is 0 Å². The second kappa shape index (κ2) is 6.23. The quantitative estimate of drug-likeness (QED) is 0.561. The third kappa shape index (κ3) is 3.98. The van der Waals surface area contributed by atoms with E-state index < -0.39 is 0 Å². The number of hydrogen-bond donors (Lipinski definition) is 3. The molecule has 2 amide bonds. The molecule has 1 aromatic rings. The van der Waals surface area contributed by atoms with Crippen molar-refractivity contribution in [3.05, 3.63) is 23.2 Å². The number of amides is 2. The van der Waals surface area contributed by atoms with Crippen molar-refractivity contribution < 1.29 is 4.79 Å². The van der Waals surface area contributed by atoms with Gasteiger partial charge in [-0.15, -0.1) is 0 Å². The van der Waals surface area contributed by atoms with Crippen LogP contribution in [0.2, 0.25) is 5.02 Å². The number of nitrogens with one attached hydrogen (secondary N) is 2. The maximum Gasteiger partial charge on any atom is 0.319 e. The van der Waals surface area contributed by atoms with E-state index in [4.69, 9.17) is 17.3 Å². The SMILES string of the molecule is CCCCNC(=O)Nc1ccc(Cl)c(N)c1. The summed E-state index contributed by atoms with van der Waals surface area (Å²) < 4.78 is 0. The van der Waals surface area contributed by atoms with E-state index in [2.05, 4.69) is 17.6 Å². The predicted octanol–water partition coefficient (Wildman–Crippen LogP) is 2.84. The van der Waals surface area contributed by atoms with Crippen LogP contribution in [0.15, 0.2) is 18.2 Å². The molecule has 4 nitrogen and oxygen atoms in total. The Balaban J connectivity index is 2.46. The summed E-state index contributed by atoms with van der Waals surface area (Å²) in [4.78, 5) is 11.4. The van der Waals surface area contributed by atoms with Crippen LogP contribution in [0.3, 0.4) is 0 Å². The zero-order chi connectivity index (χ0) is 12.0. The first kappa shape index (κ1) is 12.6. The molecule has 5 heteroatoms. The Morgan fingerprint density at radius 3 is 2.88 bits per heavy atom. The average molecular weight is 242 g/mol. The van der Waals surface area contributed by atoms with E-state index in [-0.39, 0.29) is 6.03 Å². The second-order valence-electron chi connectivity index (χ2n) is 3.47. The molecule has 0 aliphatic heterocycles. The van der Waals surface area contributed by atoms with Gasteiger partial charge in [-0.2, -0.15) is 0 Å². The van der Waals surface area contributed by atoms with E-state index in [0.29, 0.717) is 22.9 Å². The summed E-state index contributed by atoms with van der Waals surface area (Å²) in [6, 6.07) is 4.76. The molecule has 0 aliphatic carbocycles. The molecule has 0 aromatic heterocycles. The Morgan fingerprint density at radius 1 is 1.50 bits per heavy atom. The van der Waals surface area contributed by atoms with Crippen molar-refractivity contribution in [1.29, 1.82) is 0 Å². The molecule has 1 rings (SSSR count). The first-order valence-electron chi connectivity index (χ1n) is 5.23. The van der Waals surface area contributed by atoms with Crippen molar-refractivity contribution in [2.24, 2.45) is 0 Å². The van der Waals surface area contributed by atoms with Crippen LogP contribution >= 0.6 is 11.6 Å². The smallest absolute Gasteiger partial charge is 0.319 e. The van der Waals surface area contributed by atoms with Gasteiger partial charge in [0.15, 0.2) is 0 Å². The number of halogens is 1. The van der Waals surface area contributed by atoms with Gasteiger partial charge in [0.25, 0.3) is 0 Å². The highest BCUT2D eigenvalue weighted by Crippen LogP contribution is 2.22. The van der Waals surface area contributed by atoms with Crippen LogP contribution in [0.25, 0.3) is 0 Å². The largest absolute Gasteiger partial charge is 0.397 e. The molecular formula is C11H16ClN3O. The van der Waals surface area contributed by atoms with Gasteiger partial charge in [0.1, 0.15) is 0 Å². The third-order valence-electron chi connectivity index (χ3n) is 2.07. The van der Waals surface area contributed by atoms with Gasteiger partial charge in [-0.3, -0.25) is 0 Å². The first-order valence-corrected chi connectivity index (χ1v) is 5.61. The van der Waals surface area contributed by atoms with Gasteiger partial charge in [0, 0.05) is 12.2 Å². The lowest BCUT2D eigenvalue weighted by Crippen LogP contribution is -2.29. The average Bonchev–Trinajstić information content (AvgIpc) is 2.24. The lowest BCUT2D eigenvalue weighted by atomic mass is 10.3. The monoisotopic (exact) mass is 241 g/mol. The van der Waals surface area contributed by atoms with E-state index >= 15 is 0 Å². The molecule has 0 fully saturated rings. The molecule has 0 saturated heterocycles. The molecule has 16 heavy (non-hydrogen) atoms. The molecule has 1 aromatic carbocycles. The highest BCUT2D eigenvalue weighted by molar-refractivity contribution is 6.33. The Kier molecular flexibility index (Phi) is 4.92. The van der Waals surface area contributed by atoms with Crippen molar-refractivity contribution in [2.75, 3.05) is 17.6 Å². The number of carbonyl (C=O) groups is 1. The third-order valence-corrected chi connectivity index (χ3v) is 2.41. The Morgan fingerprint density at radius 2 is 2.25 bits per heavy atom. The Hall–Kier alpha value is -1.42. The van der Waals surface area contributed by atoms with Crippen molar-refractivity contribution in [3.63, 3.8) is 0 Å². The number of anilines is 2. The molecule has 0 aliphatic rings. The molecule has 0 spiro atoms. The topological polar surface area (TPSA) is 67.2 Å². The number of benzene rings is 1. The molecule has 0 atom stereocenters. The number of nitrogen functional groups attached to an aromatic ring is 1. The molecular weight excluding hydrogens is 226 g/mol. The molecule has 4 N–H and O–H groups in total.